The summed E-state index contributed by atoms with van der Waals surface area (Å²) in [6, 6.07) is 0. The van der Waals surface area contributed by atoms with Gasteiger partial charge in [0.15, 0.2) is 0 Å². The summed E-state index contributed by atoms with van der Waals surface area (Å²) in [5, 5.41) is 3.09. The van der Waals surface area contributed by atoms with Crippen molar-refractivity contribution < 1.29 is 0 Å². The molecular weight excluding hydrogens is 298 g/mol. The van der Waals surface area contributed by atoms with E-state index in [9.17, 15) is 0 Å². The first-order chi connectivity index (χ1) is 11.0. The van der Waals surface area contributed by atoms with E-state index < -0.39 is 0 Å². The summed E-state index contributed by atoms with van der Waals surface area (Å²) in [5.41, 5.74) is 1.60. The molecular formula is C21H33NS. The summed E-state index contributed by atoms with van der Waals surface area (Å²) in [4.78, 5) is 3.87. The average molecular weight is 332 g/mol. The van der Waals surface area contributed by atoms with Gasteiger partial charge in [-0.1, -0.05) is 30.7 Å². The van der Waals surface area contributed by atoms with Crippen LogP contribution in [0.1, 0.15) is 66.2 Å². The first-order valence-corrected chi connectivity index (χ1v) is 9.99. The fourth-order valence-corrected chi connectivity index (χ4v) is 5.73. The molecule has 0 N–H and O–H groups in total. The number of hydrogen-bond donors (Lipinski definition) is 0. The minimum absolute atomic E-state index is 0.280. The maximum atomic E-state index is 3.87. The van der Waals surface area contributed by atoms with Crippen LogP contribution in [0, 0.1) is 29.0 Å². The predicted octanol–water partition coefficient (Wildman–Crippen LogP) is 6.47. The van der Waals surface area contributed by atoms with E-state index in [4.69, 9.17) is 0 Å². The molecule has 2 aliphatic carbocycles. The van der Waals surface area contributed by atoms with Crippen LogP contribution in [0.4, 0.5) is 0 Å². The first kappa shape index (κ1) is 18.5. The van der Waals surface area contributed by atoms with Crippen molar-refractivity contribution in [2.24, 2.45) is 28.7 Å². The fraction of sp³-hybridized carbons (Fsp3) is 0.714. The van der Waals surface area contributed by atoms with Crippen molar-refractivity contribution in [1.82, 2.24) is 0 Å². The predicted molar refractivity (Wildman–Crippen MR) is 105 cm³/mol. The van der Waals surface area contributed by atoms with Gasteiger partial charge in [0.2, 0.25) is 0 Å². The lowest BCUT2D eigenvalue weighted by Crippen LogP contribution is -2.46. The Balaban J connectivity index is 2.19. The lowest BCUT2D eigenvalue weighted by Gasteiger charge is -2.50. The standard InChI is InChI=1S/C21H33NS/c1-6-7-8-9-17(3)18-12-13-21(4,23-15-22-5)20-11-10-16(2)14-19(18)20/h6-7,10,17-20H,5,8-9,11-14H2,1-4H3/b7-6-/t17-,18-,19-,20?,21+/m1/s1. The second-order valence-corrected chi connectivity index (χ2v) is 9.07. The summed E-state index contributed by atoms with van der Waals surface area (Å²) >= 11 is 1.80. The molecule has 1 saturated carbocycles. The molecule has 0 saturated heterocycles. The topological polar surface area (TPSA) is 12.4 Å². The van der Waals surface area contributed by atoms with Gasteiger partial charge in [0, 0.05) is 16.8 Å². The number of rotatable bonds is 4. The average Bonchev–Trinajstić information content (AvgIpc) is 2.53. The molecule has 128 valence electrons. The summed E-state index contributed by atoms with van der Waals surface area (Å²) in [5.74, 6) is 3.29. The van der Waals surface area contributed by atoms with Crippen molar-refractivity contribution in [1.29, 1.82) is 0 Å². The van der Waals surface area contributed by atoms with Crippen LogP contribution in [0.25, 0.3) is 0 Å². The molecule has 0 aliphatic heterocycles. The molecule has 0 radical (unpaired) electrons. The molecule has 0 bridgehead atoms. The van der Waals surface area contributed by atoms with E-state index in [1.165, 1.54) is 38.5 Å². The van der Waals surface area contributed by atoms with Gasteiger partial charge in [-0.2, -0.15) is 0 Å². The summed E-state index contributed by atoms with van der Waals surface area (Å²) < 4.78 is 0.280. The molecule has 0 amide bonds. The molecule has 1 nitrogen and oxygen atoms in total. The van der Waals surface area contributed by atoms with Crippen LogP contribution in [0.5, 0.6) is 0 Å². The molecule has 2 aliphatic rings. The number of fused-ring (bicyclic) bond motifs is 1. The molecule has 1 fully saturated rings. The highest BCUT2D eigenvalue weighted by atomic mass is 32.1. The molecule has 0 heterocycles. The largest absolute Gasteiger partial charge is 0.212 e. The van der Waals surface area contributed by atoms with Gasteiger partial charge in [0.1, 0.15) is 0 Å². The second kappa shape index (κ2) is 8.31. The van der Waals surface area contributed by atoms with Crippen LogP contribution in [-0.4, -0.2) is 11.5 Å². The lowest BCUT2D eigenvalue weighted by molar-refractivity contribution is 0.0735. The summed E-state index contributed by atoms with van der Waals surface area (Å²) in [6.45, 7) is 12.9. The van der Waals surface area contributed by atoms with Crippen molar-refractivity contribution >= 4 is 17.9 Å². The Morgan fingerprint density at radius 1 is 1.57 bits per heavy atom. The Bertz CT molecular complexity index is 536. The summed E-state index contributed by atoms with van der Waals surface area (Å²) in [6.07, 6.45) is 14.7. The zero-order valence-corrected chi connectivity index (χ0v) is 16.2. The molecule has 0 aromatic rings. The minimum Gasteiger partial charge on any atom is -0.212 e. The highest BCUT2D eigenvalue weighted by Gasteiger charge is 2.47. The molecule has 2 rings (SSSR count). The maximum Gasteiger partial charge on any atom is 0.0471 e. The van der Waals surface area contributed by atoms with Crippen LogP contribution in [-0.2, 0) is 0 Å². The van der Waals surface area contributed by atoms with Gasteiger partial charge in [-0.3, -0.25) is 0 Å². The minimum atomic E-state index is 0.280. The van der Waals surface area contributed by atoms with Crippen LogP contribution in [0.2, 0.25) is 0 Å². The Morgan fingerprint density at radius 2 is 2.35 bits per heavy atom. The van der Waals surface area contributed by atoms with Gasteiger partial charge in [0.05, 0.1) is 0 Å². The Hall–Kier alpha value is -0.850. The van der Waals surface area contributed by atoms with E-state index in [1.807, 2.05) is 0 Å². The van der Waals surface area contributed by atoms with Crippen LogP contribution in [0.3, 0.4) is 0 Å². The van der Waals surface area contributed by atoms with Crippen molar-refractivity contribution in [2.45, 2.75) is 71.0 Å². The number of allylic oxidation sites excluding steroid dienone is 4. The fourth-order valence-electron chi connectivity index (χ4n) is 4.81. The third-order valence-corrected chi connectivity index (χ3v) is 7.40. The van der Waals surface area contributed by atoms with Crippen molar-refractivity contribution in [3.63, 3.8) is 0 Å². The lowest BCUT2D eigenvalue weighted by atomic mass is 9.58. The van der Waals surface area contributed by atoms with Crippen molar-refractivity contribution in [3.05, 3.63) is 23.8 Å². The molecule has 0 spiro atoms. The first-order valence-electron chi connectivity index (χ1n) is 9.17. The molecule has 0 aromatic heterocycles. The van der Waals surface area contributed by atoms with Crippen LogP contribution >= 0.6 is 11.2 Å². The van der Waals surface area contributed by atoms with E-state index in [2.05, 4.69) is 62.9 Å². The zero-order valence-electron chi connectivity index (χ0n) is 15.3. The van der Waals surface area contributed by atoms with E-state index in [1.54, 1.807) is 16.7 Å². The van der Waals surface area contributed by atoms with Gasteiger partial charge in [-0.15, -0.1) is 11.2 Å². The van der Waals surface area contributed by atoms with Gasteiger partial charge >= 0.3 is 0 Å². The number of aliphatic imine (C=N–C) groups is 1. The van der Waals surface area contributed by atoms with Gasteiger partial charge in [-0.25, -0.2) is 4.99 Å². The highest BCUT2D eigenvalue weighted by molar-refractivity contribution is 7.90. The third kappa shape index (κ3) is 4.37. The molecule has 1 unspecified atom stereocenters. The third-order valence-electron chi connectivity index (χ3n) is 6.20. The van der Waals surface area contributed by atoms with Crippen molar-refractivity contribution in [3.8, 4) is 5.31 Å². The van der Waals surface area contributed by atoms with E-state index in [-0.39, 0.29) is 4.75 Å². The highest BCUT2D eigenvalue weighted by Crippen LogP contribution is 2.54. The molecule has 5 atom stereocenters. The maximum absolute atomic E-state index is 3.87. The van der Waals surface area contributed by atoms with Gasteiger partial charge < -0.3 is 0 Å². The zero-order chi connectivity index (χ0) is 16.9. The molecule has 2 heteroatoms. The Labute approximate surface area is 147 Å². The second-order valence-electron chi connectivity index (χ2n) is 7.75. The van der Waals surface area contributed by atoms with Gasteiger partial charge in [0.25, 0.3) is 0 Å². The van der Waals surface area contributed by atoms with Gasteiger partial charge in [-0.05, 0) is 83.0 Å². The number of nitrogens with zero attached hydrogens (tertiary/aromatic N) is 1. The SMILES string of the molecule is C=NC#S[C@@]1(C)CC[C@H]([C@H](C)CC/C=C\C)[C@H]2CC(C)=CCC21. The van der Waals surface area contributed by atoms with E-state index >= 15 is 0 Å². The van der Waals surface area contributed by atoms with E-state index in [0.717, 1.165) is 23.7 Å². The smallest absolute Gasteiger partial charge is 0.0471 e. The number of hydrogen-bond acceptors (Lipinski definition) is 1. The molecule has 0 aromatic carbocycles. The Morgan fingerprint density at radius 3 is 3.04 bits per heavy atom. The monoisotopic (exact) mass is 331 g/mol. The van der Waals surface area contributed by atoms with Crippen LogP contribution < -0.4 is 0 Å². The van der Waals surface area contributed by atoms with E-state index in [0.29, 0.717) is 0 Å². The molecule has 23 heavy (non-hydrogen) atoms. The summed E-state index contributed by atoms with van der Waals surface area (Å²) in [7, 11) is 0. The Kier molecular flexibility index (Phi) is 6.68. The van der Waals surface area contributed by atoms with Crippen LogP contribution in [0.15, 0.2) is 28.8 Å². The van der Waals surface area contributed by atoms with Crippen molar-refractivity contribution in [2.75, 3.05) is 0 Å². The quantitative estimate of drug-likeness (QED) is 0.413. The normalized spacial score (nSPS) is 35.1.